The quantitative estimate of drug-likeness (QED) is 0.744. The van der Waals surface area contributed by atoms with Crippen LogP contribution < -0.4 is 0 Å². The molecule has 4 nitrogen and oxygen atoms in total. The third kappa shape index (κ3) is 3.57. The van der Waals surface area contributed by atoms with Gasteiger partial charge in [-0.25, -0.2) is 0 Å². The lowest BCUT2D eigenvalue weighted by Gasteiger charge is -2.22. The van der Waals surface area contributed by atoms with Crippen LogP contribution >= 0.6 is 15.9 Å². The highest BCUT2D eigenvalue weighted by Crippen LogP contribution is 2.34. The Labute approximate surface area is 148 Å². The van der Waals surface area contributed by atoms with E-state index < -0.39 is 0 Å². The van der Waals surface area contributed by atoms with E-state index >= 15 is 0 Å². The number of phenolic OH excluding ortho intramolecular Hbond substituents is 1. The van der Waals surface area contributed by atoms with Crippen LogP contribution in [0.1, 0.15) is 24.3 Å². The average molecular weight is 386 g/mol. The fraction of sp³-hybridized carbons (Fsp3) is 0.158. The van der Waals surface area contributed by atoms with E-state index in [9.17, 15) is 15.0 Å². The summed E-state index contributed by atoms with van der Waals surface area (Å²) in [7, 11) is 0. The molecule has 122 valence electrons. The Morgan fingerprint density at radius 2 is 1.83 bits per heavy atom. The maximum absolute atomic E-state index is 12.4. The van der Waals surface area contributed by atoms with Gasteiger partial charge in [0.1, 0.15) is 17.2 Å². The molecule has 2 N–H and O–H groups in total. The van der Waals surface area contributed by atoms with Crippen molar-refractivity contribution in [1.29, 1.82) is 0 Å². The Bertz CT molecular complexity index is 828. The molecule has 0 radical (unpaired) electrons. The lowest BCUT2D eigenvalue weighted by molar-refractivity contribution is -0.116. The second kappa shape index (κ2) is 7.01. The monoisotopic (exact) mass is 385 g/mol. The molecule has 0 saturated heterocycles. The Balaban J connectivity index is 1.84. The minimum Gasteiger partial charge on any atom is -0.511 e. The number of hydrogen-bond donors (Lipinski definition) is 2. The first-order chi connectivity index (χ1) is 11.5. The number of carbonyl (C=O) groups is 1. The van der Waals surface area contributed by atoms with Gasteiger partial charge < -0.3 is 10.2 Å². The molecule has 0 saturated carbocycles. The van der Waals surface area contributed by atoms with E-state index in [4.69, 9.17) is 0 Å². The molecule has 0 bridgehead atoms. The molecule has 5 heteroatoms. The first-order valence-electron chi connectivity index (χ1n) is 7.57. The smallest absolute Gasteiger partial charge is 0.168 e. The van der Waals surface area contributed by atoms with Gasteiger partial charge in [-0.1, -0.05) is 46.3 Å². The number of phenols is 1. The highest BCUT2D eigenvalue weighted by molar-refractivity contribution is 9.10. The molecular weight excluding hydrogens is 370 g/mol. The van der Waals surface area contributed by atoms with Gasteiger partial charge in [-0.3, -0.25) is 9.79 Å². The van der Waals surface area contributed by atoms with Crippen LogP contribution in [0.2, 0.25) is 0 Å². The van der Waals surface area contributed by atoms with Crippen molar-refractivity contribution < 1.29 is 15.0 Å². The normalized spacial score (nSPS) is 18.4. The summed E-state index contributed by atoms with van der Waals surface area (Å²) in [6, 6.07) is 14.5. The lowest BCUT2D eigenvalue weighted by atomic mass is 9.83. The Hall–Kier alpha value is -2.40. The number of aliphatic hydroxyl groups is 1. The standard InChI is InChI=1S/C19H16BrNO3/c20-14-6-7-17(22)16(10-14)21-11-15-18(23)8-13(9-19(15)24)12-4-2-1-3-5-12/h1-7,10-11,13,22-23H,8-9H2. The molecule has 0 fully saturated rings. The summed E-state index contributed by atoms with van der Waals surface area (Å²) in [5, 5.41) is 20.1. The van der Waals surface area contributed by atoms with Crippen molar-refractivity contribution in [3.63, 3.8) is 0 Å². The number of carbonyl (C=O) groups excluding carboxylic acids is 1. The SMILES string of the molecule is O=C1CC(c2ccccc2)CC(O)=C1C=Nc1cc(Br)ccc1O. The van der Waals surface area contributed by atoms with Gasteiger partial charge in [0.2, 0.25) is 0 Å². The summed E-state index contributed by atoms with van der Waals surface area (Å²) < 4.78 is 0.768. The summed E-state index contributed by atoms with van der Waals surface area (Å²) in [5.41, 5.74) is 1.59. The van der Waals surface area contributed by atoms with Gasteiger partial charge >= 0.3 is 0 Å². The van der Waals surface area contributed by atoms with Crippen molar-refractivity contribution in [2.45, 2.75) is 18.8 Å². The molecule has 1 atom stereocenters. The average Bonchev–Trinajstić information content (AvgIpc) is 2.57. The third-order valence-electron chi connectivity index (χ3n) is 4.02. The predicted octanol–water partition coefficient (Wildman–Crippen LogP) is 4.82. The molecule has 0 aromatic heterocycles. The number of rotatable bonds is 3. The molecule has 2 aromatic rings. The van der Waals surface area contributed by atoms with E-state index in [1.807, 2.05) is 30.3 Å². The Morgan fingerprint density at radius 1 is 1.08 bits per heavy atom. The highest BCUT2D eigenvalue weighted by Gasteiger charge is 2.27. The summed E-state index contributed by atoms with van der Waals surface area (Å²) in [6.07, 6.45) is 2.07. The topological polar surface area (TPSA) is 69.9 Å². The molecule has 0 heterocycles. The zero-order valence-corrected chi connectivity index (χ0v) is 14.4. The Kier molecular flexibility index (Phi) is 4.81. The molecule has 1 aliphatic carbocycles. The van der Waals surface area contributed by atoms with E-state index in [0.29, 0.717) is 18.5 Å². The van der Waals surface area contributed by atoms with Crippen molar-refractivity contribution in [2.24, 2.45) is 4.99 Å². The number of nitrogens with zero attached hydrogens (tertiary/aromatic N) is 1. The zero-order chi connectivity index (χ0) is 17.1. The molecule has 2 aromatic carbocycles. The van der Waals surface area contributed by atoms with Crippen molar-refractivity contribution in [3.8, 4) is 5.75 Å². The number of Topliss-reactive ketones (excluding diaryl/α,β-unsaturated/α-hetero) is 1. The summed E-state index contributed by atoms with van der Waals surface area (Å²) in [6.45, 7) is 0. The van der Waals surface area contributed by atoms with Gasteiger partial charge in [-0.2, -0.15) is 0 Å². The third-order valence-corrected chi connectivity index (χ3v) is 4.52. The van der Waals surface area contributed by atoms with Crippen molar-refractivity contribution in [1.82, 2.24) is 0 Å². The van der Waals surface area contributed by atoms with Crippen molar-refractivity contribution in [2.75, 3.05) is 0 Å². The number of aliphatic imine (C=N–C) groups is 1. The molecule has 3 rings (SSSR count). The van der Waals surface area contributed by atoms with Crippen molar-refractivity contribution in [3.05, 3.63) is 69.9 Å². The van der Waals surface area contributed by atoms with Crippen LogP contribution in [0.5, 0.6) is 5.75 Å². The fourth-order valence-electron chi connectivity index (χ4n) is 2.75. The number of aliphatic hydroxyl groups excluding tert-OH is 1. The summed E-state index contributed by atoms with van der Waals surface area (Å²) >= 11 is 3.31. The minimum atomic E-state index is -0.147. The number of benzene rings is 2. The molecule has 0 aliphatic heterocycles. The maximum Gasteiger partial charge on any atom is 0.168 e. The van der Waals surface area contributed by atoms with Crippen LogP contribution in [0.15, 0.2) is 69.3 Å². The van der Waals surface area contributed by atoms with Gasteiger partial charge in [0.05, 0.1) is 5.57 Å². The van der Waals surface area contributed by atoms with Gasteiger partial charge in [-0.05, 0) is 29.7 Å². The summed E-state index contributed by atoms with van der Waals surface area (Å²) in [4.78, 5) is 16.5. The first kappa shape index (κ1) is 16.5. The first-order valence-corrected chi connectivity index (χ1v) is 8.36. The van der Waals surface area contributed by atoms with E-state index in [-0.39, 0.29) is 28.8 Å². The molecule has 24 heavy (non-hydrogen) atoms. The number of hydrogen-bond acceptors (Lipinski definition) is 4. The number of halogens is 1. The van der Waals surface area contributed by atoms with E-state index in [2.05, 4.69) is 20.9 Å². The van der Waals surface area contributed by atoms with E-state index in [0.717, 1.165) is 10.0 Å². The number of ketones is 1. The van der Waals surface area contributed by atoms with Crippen LogP contribution in [0.3, 0.4) is 0 Å². The van der Waals surface area contributed by atoms with Crippen LogP contribution in [-0.2, 0) is 4.79 Å². The lowest BCUT2D eigenvalue weighted by Crippen LogP contribution is -2.19. The van der Waals surface area contributed by atoms with Crippen LogP contribution in [0, 0.1) is 0 Å². The van der Waals surface area contributed by atoms with Gasteiger partial charge in [-0.15, -0.1) is 0 Å². The van der Waals surface area contributed by atoms with Gasteiger partial charge in [0, 0.05) is 23.5 Å². The van der Waals surface area contributed by atoms with Crippen LogP contribution in [-0.4, -0.2) is 22.2 Å². The molecule has 1 aliphatic rings. The van der Waals surface area contributed by atoms with Gasteiger partial charge in [0.25, 0.3) is 0 Å². The second-order valence-corrected chi connectivity index (χ2v) is 6.61. The minimum absolute atomic E-state index is 0.0139. The highest BCUT2D eigenvalue weighted by atomic mass is 79.9. The number of aromatic hydroxyl groups is 1. The van der Waals surface area contributed by atoms with Crippen LogP contribution in [0.25, 0.3) is 0 Å². The fourth-order valence-corrected chi connectivity index (χ4v) is 3.10. The van der Waals surface area contributed by atoms with Crippen LogP contribution in [0.4, 0.5) is 5.69 Å². The van der Waals surface area contributed by atoms with E-state index in [1.54, 1.807) is 12.1 Å². The molecule has 0 spiro atoms. The molecule has 0 amide bonds. The Morgan fingerprint density at radius 3 is 2.54 bits per heavy atom. The second-order valence-electron chi connectivity index (χ2n) is 5.69. The maximum atomic E-state index is 12.4. The number of allylic oxidation sites excluding steroid dienone is 2. The largest absolute Gasteiger partial charge is 0.511 e. The zero-order valence-electron chi connectivity index (χ0n) is 12.8. The summed E-state index contributed by atoms with van der Waals surface area (Å²) in [5.74, 6) is -0.112. The predicted molar refractivity (Wildman–Crippen MR) is 97.0 cm³/mol. The molecular formula is C19H16BrNO3. The molecule has 1 unspecified atom stereocenters. The van der Waals surface area contributed by atoms with E-state index in [1.165, 1.54) is 12.3 Å². The van der Waals surface area contributed by atoms with Gasteiger partial charge in [0.15, 0.2) is 5.78 Å². The van der Waals surface area contributed by atoms with Crippen molar-refractivity contribution >= 4 is 33.6 Å².